The highest BCUT2D eigenvalue weighted by Gasteiger charge is 2.48. The van der Waals surface area contributed by atoms with Crippen molar-refractivity contribution in [2.75, 3.05) is 7.05 Å². The Bertz CT molecular complexity index is 304. The Morgan fingerprint density at radius 2 is 1.88 bits per heavy atom. The number of hydrogen-bond acceptors (Lipinski definition) is 3. The van der Waals surface area contributed by atoms with E-state index in [1.165, 1.54) is 4.90 Å². The first-order valence-electron chi connectivity index (χ1n) is 5.64. The second-order valence-electron chi connectivity index (χ2n) is 5.76. The molecule has 0 unspecified atom stereocenters. The van der Waals surface area contributed by atoms with Gasteiger partial charge in [0.1, 0.15) is 12.1 Å². The van der Waals surface area contributed by atoms with E-state index >= 15 is 0 Å². The Morgan fingerprint density at radius 1 is 1.38 bits per heavy atom. The van der Waals surface area contributed by atoms with Gasteiger partial charge in [-0.3, -0.25) is 9.69 Å². The van der Waals surface area contributed by atoms with E-state index in [1.54, 1.807) is 7.05 Å². The number of ether oxygens (including phenoxy) is 1. The van der Waals surface area contributed by atoms with Crippen molar-refractivity contribution in [3.8, 4) is 0 Å². The van der Waals surface area contributed by atoms with E-state index in [0.717, 1.165) is 0 Å². The molecule has 0 saturated carbocycles. The largest absolute Gasteiger partial charge is 0.443 e. The van der Waals surface area contributed by atoms with Gasteiger partial charge in [-0.1, -0.05) is 34.6 Å². The highest BCUT2D eigenvalue weighted by Crippen LogP contribution is 2.30. The highest BCUT2D eigenvalue weighted by molar-refractivity contribution is 5.93. The van der Waals surface area contributed by atoms with Gasteiger partial charge in [0.2, 0.25) is 0 Å². The van der Waals surface area contributed by atoms with Gasteiger partial charge in [-0.05, 0) is 5.92 Å². The van der Waals surface area contributed by atoms with Crippen molar-refractivity contribution >= 4 is 11.9 Å². The third-order valence-electron chi connectivity index (χ3n) is 2.92. The van der Waals surface area contributed by atoms with Crippen molar-refractivity contribution in [1.82, 2.24) is 4.90 Å². The lowest BCUT2D eigenvalue weighted by atomic mass is 9.82. The van der Waals surface area contributed by atoms with Crippen molar-refractivity contribution < 1.29 is 14.3 Å². The quantitative estimate of drug-likeness (QED) is 0.725. The van der Waals surface area contributed by atoms with Crippen LogP contribution in [0.2, 0.25) is 0 Å². The summed E-state index contributed by atoms with van der Waals surface area (Å²) in [7, 11) is 1.62. The molecule has 1 fully saturated rings. The molecule has 4 heteroatoms. The smallest absolute Gasteiger partial charge is 0.410 e. The Hall–Kier alpha value is -1.06. The number of hydrogen-bond donors (Lipinski definition) is 0. The fraction of sp³-hybridized carbons (Fsp3) is 0.833. The number of ketones is 1. The van der Waals surface area contributed by atoms with E-state index in [1.807, 2.05) is 34.6 Å². The maximum absolute atomic E-state index is 12.3. The fourth-order valence-electron chi connectivity index (χ4n) is 1.87. The lowest BCUT2D eigenvalue weighted by Crippen LogP contribution is -2.47. The number of amides is 1. The Labute approximate surface area is 96.9 Å². The zero-order valence-electron chi connectivity index (χ0n) is 10.9. The first kappa shape index (κ1) is 13.0. The van der Waals surface area contributed by atoms with Gasteiger partial charge in [0, 0.05) is 12.5 Å². The monoisotopic (exact) mass is 227 g/mol. The van der Waals surface area contributed by atoms with Crippen LogP contribution in [0.3, 0.4) is 0 Å². The minimum absolute atomic E-state index is 0.0551. The molecule has 16 heavy (non-hydrogen) atoms. The Kier molecular flexibility index (Phi) is 3.31. The lowest BCUT2D eigenvalue weighted by molar-refractivity contribution is -0.131. The number of carbonyl (C=O) groups excluding carboxylic acids is 2. The topological polar surface area (TPSA) is 46.6 Å². The molecule has 0 N–H and O–H groups in total. The average molecular weight is 227 g/mol. The van der Waals surface area contributed by atoms with Crippen LogP contribution in [-0.2, 0) is 9.53 Å². The first-order valence-corrected chi connectivity index (χ1v) is 5.64. The Morgan fingerprint density at radius 3 is 2.25 bits per heavy atom. The van der Waals surface area contributed by atoms with Gasteiger partial charge in [-0.15, -0.1) is 0 Å². The molecule has 0 aromatic rings. The van der Waals surface area contributed by atoms with Gasteiger partial charge >= 0.3 is 6.09 Å². The van der Waals surface area contributed by atoms with Crippen LogP contribution in [0.15, 0.2) is 0 Å². The molecule has 1 aliphatic heterocycles. The van der Waals surface area contributed by atoms with E-state index in [-0.39, 0.29) is 17.8 Å². The van der Waals surface area contributed by atoms with Crippen LogP contribution in [0.4, 0.5) is 4.79 Å². The molecule has 1 saturated heterocycles. The van der Waals surface area contributed by atoms with E-state index in [2.05, 4.69) is 0 Å². The predicted molar refractivity (Wildman–Crippen MR) is 61.1 cm³/mol. The molecule has 1 aliphatic rings. The van der Waals surface area contributed by atoms with Gasteiger partial charge in [-0.25, -0.2) is 4.79 Å². The molecule has 0 bridgehead atoms. The third kappa shape index (κ3) is 2.20. The van der Waals surface area contributed by atoms with E-state index in [0.29, 0.717) is 0 Å². The van der Waals surface area contributed by atoms with Crippen LogP contribution < -0.4 is 0 Å². The summed E-state index contributed by atoms with van der Waals surface area (Å²) in [6, 6.07) is -0.451. The Balaban J connectivity index is 2.99. The van der Waals surface area contributed by atoms with Crippen LogP contribution in [0.25, 0.3) is 0 Å². The zero-order valence-corrected chi connectivity index (χ0v) is 10.9. The molecule has 0 radical (unpaired) electrons. The SMILES string of the molecule is CC(C)[C@H]1OC(=O)N(C)[C@@H]1C(=O)C(C)(C)C. The normalized spacial score (nSPS) is 26.2. The van der Waals surface area contributed by atoms with Gasteiger partial charge in [0.05, 0.1) is 0 Å². The second-order valence-corrected chi connectivity index (χ2v) is 5.76. The van der Waals surface area contributed by atoms with Crippen molar-refractivity contribution in [2.24, 2.45) is 11.3 Å². The fourth-order valence-corrected chi connectivity index (χ4v) is 1.87. The van der Waals surface area contributed by atoms with Crippen LogP contribution in [0.1, 0.15) is 34.6 Å². The van der Waals surface area contributed by atoms with Gasteiger partial charge in [0.25, 0.3) is 0 Å². The first-order chi connectivity index (χ1) is 7.16. The maximum Gasteiger partial charge on any atom is 0.410 e. The minimum atomic E-state index is -0.458. The summed E-state index contributed by atoms with van der Waals surface area (Å²) >= 11 is 0. The number of Topliss-reactive ketones (excluding diaryl/α,β-unsaturated/α-hetero) is 1. The van der Waals surface area contributed by atoms with Crippen molar-refractivity contribution in [2.45, 2.75) is 46.8 Å². The molecule has 0 aromatic carbocycles. The molecule has 0 spiro atoms. The number of cyclic esters (lactones) is 1. The van der Waals surface area contributed by atoms with Crippen LogP contribution in [0.5, 0.6) is 0 Å². The molecule has 0 aromatic heterocycles. The summed E-state index contributed by atoms with van der Waals surface area (Å²) in [5.74, 6) is 0.199. The molecule has 4 nitrogen and oxygen atoms in total. The molecular formula is C12H21NO3. The molecule has 1 rings (SSSR count). The molecule has 1 amide bonds. The summed E-state index contributed by atoms with van der Waals surface area (Å²) < 4.78 is 5.23. The third-order valence-corrected chi connectivity index (χ3v) is 2.92. The average Bonchev–Trinajstić information content (AvgIpc) is 2.41. The molecule has 92 valence electrons. The molecule has 2 atom stereocenters. The minimum Gasteiger partial charge on any atom is -0.443 e. The molecule has 0 aliphatic carbocycles. The standard InChI is InChI=1S/C12H21NO3/c1-7(2)9-8(10(14)12(3,4)5)13(6)11(15)16-9/h7-9H,1-6H3/t8-,9+/m0/s1. The van der Waals surface area contributed by atoms with Crippen molar-refractivity contribution in [1.29, 1.82) is 0 Å². The predicted octanol–water partition coefficient (Wildman–Crippen LogP) is 2.08. The summed E-state index contributed by atoms with van der Waals surface area (Å²) in [4.78, 5) is 25.2. The summed E-state index contributed by atoms with van der Waals surface area (Å²) in [5, 5.41) is 0. The zero-order chi connectivity index (χ0) is 12.7. The van der Waals surface area contributed by atoms with Gasteiger partial charge in [0.15, 0.2) is 5.78 Å². The van der Waals surface area contributed by atoms with Gasteiger partial charge < -0.3 is 4.74 Å². The molecule has 1 heterocycles. The lowest BCUT2D eigenvalue weighted by Gasteiger charge is -2.28. The second kappa shape index (κ2) is 4.07. The van der Waals surface area contributed by atoms with E-state index in [9.17, 15) is 9.59 Å². The number of carbonyl (C=O) groups is 2. The number of rotatable bonds is 2. The van der Waals surface area contributed by atoms with Gasteiger partial charge in [-0.2, -0.15) is 0 Å². The van der Waals surface area contributed by atoms with E-state index in [4.69, 9.17) is 4.74 Å². The van der Waals surface area contributed by atoms with Crippen molar-refractivity contribution in [3.63, 3.8) is 0 Å². The van der Waals surface area contributed by atoms with Crippen LogP contribution >= 0.6 is 0 Å². The van der Waals surface area contributed by atoms with Crippen LogP contribution in [0, 0.1) is 11.3 Å². The molecular weight excluding hydrogens is 206 g/mol. The van der Waals surface area contributed by atoms with E-state index < -0.39 is 17.6 Å². The van der Waals surface area contributed by atoms with Crippen LogP contribution in [-0.4, -0.2) is 36.0 Å². The summed E-state index contributed by atoms with van der Waals surface area (Å²) in [5.41, 5.74) is -0.458. The number of nitrogens with zero attached hydrogens (tertiary/aromatic N) is 1. The van der Waals surface area contributed by atoms with Crippen molar-refractivity contribution in [3.05, 3.63) is 0 Å². The summed E-state index contributed by atoms with van der Waals surface area (Å²) in [6.07, 6.45) is -0.731. The number of likely N-dealkylation sites (N-methyl/N-ethyl adjacent to an activating group) is 1. The maximum atomic E-state index is 12.3. The highest BCUT2D eigenvalue weighted by atomic mass is 16.6. The summed E-state index contributed by atoms with van der Waals surface area (Å²) in [6.45, 7) is 9.51.